The van der Waals surface area contributed by atoms with Crippen molar-refractivity contribution in [3.05, 3.63) is 82.7 Å². The molecule has 3 atom stereocenters. The van der Waals surface area contributed by atoms with Crippen LogP contribution in [0.2, 0.25) is 0 Å². The van der Waals surface area contributed by atoms with Crippen molar-refractivity contribution in [1.29, 1.82) is 0 Å². The Kier molecular flexibility index (Phi) is 6.86. The molecule has 1 aliphatic heterocycles. The number of hydrogen-bond acceptors (Lipinski definition) is 5. The number of halogens is 1. The summed E-state index contributed by atoms with van der Waals surface area (Å²) in [6.07, 6.45) is 0.144. The molecule has 6 nitrogen and oxygen atoms in total. The Labute approximate surface area is 197 Å². The van der Waals surface area contributed by atoms with E-state index in [1.165, 1.54) is 20.1 Å². The Hall–Kier alpha value is -3.42. The van der Waals surface area contributed by atoms with Crippen LogP contribution in [0.1, 0.15) is 47.8 Å². The highest BCUT2D eigenvalue weighted by atomic mass is 19.1. The molecule has 3 aromatic rings. The number of aliphatic hydroxyl groups is 1. The summed E-state index contributed by atoms with van der Waals surface area (Å²) in [5.74, 6) is -1.17. The van der Waals surface area contributed by atoms with Crippen LogP contribution < -0.4 is 15.2 Å². The molecule has 7 heteroatoms. The van der Waals surface area contributed by atoms with Crippen LogP contribution in [-0.2, 0) is 17.8 Å². The molecule has 34 heavy (non-hydrogen) atoms. The highest BCUT2D eigenvalue weighted by Crippen LogP contribution is 2.39. The molecule has 0 radical (unpaired) electrons. The lowest BCUT2D eigenvalue weighted by atomic mass is 9.91. The topological polar surface area (TPSA) is 102 Å². The molecule has 1 unspecified atom stereocenters. The van der Waals surface area contributed by atoms with E-state index in [4.69, 9.17) is 15.2 Å². The number of carboxylic acid groups (broad SMARTS) is 1. The first-order valence-corrected chi connectivity index (χ1v) is 11.2. The summed E-state index contributed by atoms with van der Waals surface area (Å²) in [6.45, 7) is 1.70. The Balaban J connectivity index is 1.62. The first-order valence-electron chi connectivity index (χ1n) is 11.2. The monoisotopic (exact) mass is 465 g/mol. The maximum atomic E-state index is 14.6. The molecule has 0 aromatic heterocycles. The van der Waals surface area contributed by atoms with Gasteiger partial charge in [-0.05, 0) is 71.8 Å². The second-order valence-electron chi connectivity index (χ2n) is 8.55. The summed E-state index contributed by atoms with van der Waals surface area (Å²) in [7, 11) is 1.54. The van der Waals surface area contributed by atoms with Gasteiger partial charge in [0, 0.05) is 12.1 Å². The van der Waals surface area contributed by atoms with E-state index < -0.39 is 18.0 Å². The summed E-state index contributed by atoms with van der Waals surface area (Å²) in [5.41, 5.74) is 10.4. The quantitative estimate of drug-likeness (QED) is 0.464. The van der Waals surface area contributed by atoms with Crippen LogP contribution in [0.15, 0.2) is 54.6 Å². The van der Waals surface area contributed by atoms with Crippen LogP contribution in [0.5, 0.6) is 11.5 Å². The number of aliphatic carboxylic acids is 1. The van der Waals surface area contributed by atoms with Crippen LogP contribution in [-0.4, -0.2) is 23.3 Å². The zero-order chi connectivity index (χ0) is 24.4. The number of rotatable bonds is 7. The fourth-order valence-corrected chi connectivity index (χ4v) is 4.31. The molecule has 1 heterocycles. The van der Waals surface area contributed by atoms with E-state index in [1.807, 2.05) is 24.3 Å². The maximum Gasteiger partial charge on any atom is 0.309 e. The van der Waals surface area contributed by atoms with E-state index in [0.29, 0.717) is 28.2 Å². The molecule has 0 spiro atoms. The SMILES string of the molecule is COc1ccc(F)c(-c2ccc(C3CCc4ccc([C@H](O)[C@H](C)C(=O)O)cc4O3)cc2CN)c1. The van der Waals surface area contributed by atoms with Crippen molar-refractivity contribution in [2.24, 2.45) is 11.7 Å². The van der Waals surface area contributed by atoms with Crippen molar-refractivity contribution in [1.82, 2.24) is 0 Å². The zero-order valence-corrected chi connectivity index (χ0v) is 19.1. The number of nitrogens with two attached hydrogens (primary N) is 1. The van der Waals surface area contributed by atoms with Crippen molar-refractivity contribution in [2.75, 3.05) is 7.11 Å². The van der Waals surface area contributed by atoms with Gasteiger partial charge in [0.1, 0.15) is 23.4 Å². The van der Waals surface area contributed by atoms with Gasteiger partial charge < -0.3 is 25.4 Å². The summed E-state index contributed by atoms with van der Waals surface area (Å²) in [6, 6.07) is 15.6. The van der Waals surface area contributed by atoms with E-state index in [-0.39, 0.29) is 18.5 Å². The third kappa shape index (κ3) is 4.62. The largest absolute Gasteiger partial charge is 0.497 e. The van der Waals surface area contributed by atoms with Gasteiger partial charge in [0.15, 0.2) is 0 Å². The van der Waals surface area contributed by atoms with Crippen LogP contribution in [0.25, 0.3) is 11.1 Å². The molecule has 0 aliphatic carbocycles. The van der Waals surface area contributed by atoms with Crippen LogP contribution in [0.3, 0.4) is 0 Å². The maximum absolute atomic E-state index is 14.6. The molecule has 0 saturated heterocycles. The van der Waals surface area contributed by atoms with Gasteiger partial charge >= 0.3 is 5.97 Å². The minimum atomic E-state index is -1.13. The lowest BCUT2D eigenvalue weighted by Gasteiger charge is -2.28. The zero-order valence-electron chi connectivity index (χ0n) is 19.1. The van der Waals surface area contributed by atoms with Gasteiger partial charge in [-0.2, -0.15) is 0 Å². The van der Waals surface area contributed by atoms with Gasteiger partial charge in [0.25, 0.3) is 0 Å². The Morgan fingerprint density at radius 2 is 1.97 bits per heavy atom. The molecule has 4 N–H and O–H groups in total. The lowest BCUT2D eigenvalue weighted by molar-refractivity contribution is -0.145. The number of ether oxygens (including phenoxy) is 2. The minimum Gasteiger partial charge on any atom is -0.497 e. The standard InChI is InChI=1S/C27H28FNO5/c1-15(27(31)32)26(30)18-4-3-16-6-10-24(34-25(16)12-18)17-5-8-21(19(11-17)14-29)22-13-20(33-2)7-9-23(22)28/h3-5,7-9,11-13,15,24,26,30H,6,10,14,29H2,1-2H3,(H,31,32)/t15-,24?,26+/m0/s1. The van der Waals surface area contributed by atoms with Crippen molar-refractivity contribution in [3.8, 4) is 22.6 Å². The second-order valence-corrected chi connectivity index (χ2v) is 8.55. The third-order valence-corrected chi connectivity index (χ3v) is 6.43. The second kappa shape index (κ2) is 9.83. The Bertz CT molecular complexity index is 1210. The fourth-order valence-electron chi connectivity index (χ4n) is 4.31. The van der Waals surface area contributed by atoms with E-state index >= 15 is 0 Å². The summed E-state index contributed by atoms with van der Waals surface area (Å²) >= 11 is 0. The summed E-state index contributed by atoms with van der Waals surface area (Å²) in [5, 5.41) is 19.6. The van der Waals surface area contributed by atoms with Crippen molar-refractivity contribution >= 4 is 5.97 Å². The number of benzene rings is 3. The number of hydrogen-bond donors (Lipinski definition) is 3. The minimum absolute atomic E-state index is 0.229. The van der Waals surface area contributed by atoms with Crippen LogP contribution in [0.4, 0.5) is 4.39 Å². The molecule has 0 amide bonds. The van der Waals surface area contributed by atoms with E-state index in [1.54, 1.807) is 24.3 Å². The summed E-state index contributed by atoms with van der Waals surface area (Å²) in [4.78, 5) is 11.3. The molecule has 0 bridgehead atoms. The first-order chi connectivity index (χ1) is 16.3. The molecule has 0 fully saturated rings. The van der Waals surface area contributed by atoms with Gasteiger partial charge in [-0.3, -0.25) is 4.79 Å². The van der Waals surface area contributed by atoms with Gasteiger partial charge in [-0.15, -0.1) is 0 Å². The molecular weight excluding hydrogens is 437 g/mol. The van der Waals surface area contributed by atoms with E-state index in [0.717, 1.165) is 29.5 Å². The molecule has 178 valence electrons. The number of methoxy groups -OCH3 is 1. The normalized spacial score (nSPS) is 16.8. The Morgan fingerprint density at radius 1 is 1.18 bits per heavy atom. The first kappa shape index (κ1) is 23.7. The highest BCUT2D eigenvalue weighted by molar-refractivity contribution is 5.71. The van der Waals surface area contributed by atoms with Crippen molar-refractivity contribution in [2.45, 2.75) is 38.5 Å². The van der Waals surface area contributed by atoms with Gasteiger partial charge in [-0.1, -0.05) is 30.3 Å². The highest BCUT2D eigenvalue weighted by Gasteiger charge is 2.27. The predicted octanol–water partition coefficient (Wildman–Crippen LogP) is 4.78. The van der Waals surface area contributed by atoms with Crippen LogP contribution >= 0.6 is 0 Å². The third-order valence-electron chi connectivity index (χ3n) is 6.43. The smallest absolute Gasteiger partial charge is 0.309 e. The van der Waals surface area contributed by atoms with Gasteiger partial charge in [0.2, 0.25) is 0 Å². The molecule has 3 aromatic carbocycles. The molecular formula is C27H28FNO5. The number of aryl methyl sites for hydroxylation is 1. The Morgan fingerprint density at radius 3 is 2.68 bits per heavy atom. The predicted molar refractivity (Wildman–Crippen MR) is 126 cm³/mol. The van der Waals surface area contributed by atoms with Crippen LogP contribution in [0, 0.1) is 11.7 Å². The number of fused-ring (bicyclic) bond motifs is 1. The number of carbonyl (C=O) groups is 1. The van der Waals surface area contributed by atoms with Gasteiger partial charge in [-0.25, -0.2) is 4.39 Å². The van der Waals surface area contributed by atoms with Gasteiger partial charge in [0.05, 0.1) is 19.1 Å². The molecule has 4 rings (SSSR count). The van der Waals surface area contributed by atoms with Crippen molar-refractivity contribution in [3.63, 3.8) is 0 Å². The summed E-state index contributed by atoms with van der Waals surface area (Å²) < 4.78 is 26.1. The molecule has 1 aliphatic rings. The number of carboxylic acids is 1. The average molecular weight is 466 g/mol. The van der Waals surface area contributed by atoms with E-state index in [9.17, 15) is 19.4 Å². The molecule has 0 saturated carbocycles. The van der Waals surface area contributed by atoms with E-state index in [2.05, 4.69) is 0 Å². The lowest BCUT2D eigenvalue weighted by Crippen LogP contribution is -2.20. The van der Waals surface area contributed by atoms with Crippen molar-refractivity contribution < 1.29 is 28.9 Å². The average Bonchev–Trinajstić information content (AvgIpc) is 2.87. The fraction of sp³-hybridized carbons (Fsp3) is 0.296. The number of aliphatic hydroxyl groups excluding tert-OH is 1.